The highest BCUT2D eigenvalue weighted by Crippen LogP contribution is 2.59. The lowest BCUT2D eigenvalue weighted by molar-refractivity contribution is 0.268. The molecule has 0 aliphatic rings. The number of anilines is 1. The molecule has 7 nitrogen and oxygen atoms in total. The summed E-state index contributed by atoms with van der Waals surface area (Å²) in [6.07, 6.45) is 0.716. The zero-order chi connectivity index (χ0) is 17.0. The number of halogens is 2. The Hall–Kier alpha value is -2.09. The Kier molecular flexibility index (Phi) is 5.25. The van der Waals surface area contributed by atoms with Gasteiger partial charge in [-0.1, -0.05) is 12.1 Å². The van der Waals surface area contributed by atoms with E-state index >= 15 is 0 Å². The zero-order valence-electron chi connectivity index (χ0n) is 12.2. The summed E-state index contributed by atoms with van der Waals surface area (Å²) in [5.74, 6) is -2.88. The van der Waals surface area contributed by atoms with Crippen molar-refractivity contribution in [2.24, 2.45) is 0 Å². The minimum absolute atomic E-state index is 0.315. The maximum absolute atomic E-state index is 13.8. The maximum Gasteiger partial charge on any atom is 0.356 e. The first kappa shape index (κ1) is 17.3. The van der Waals surface area contributed by atoms with Gasteiger partial charge in [0.1, 0.15) is 11.6 Å². The van der Waals surface area contributed by atoms with Crippen molar-refractivity contribution >= 4 is 13.4 Å². The molecule has 2 rings (SSSR count). The number of hydrogen-bond acceptors (Lipinski definition) is 6. The van der Waals surface area contributed by atoms with Crippen LogP contribution in [0.25, 0.3) is 0 Å². The predicted octanol–water partition coefficient (Wildman–Crippen LogP) is 2.64. The first-order chi connectivity index (χ1) is 10.9. The fourth-order valence-corrected chi connectivity index (χ4v) is 3.29. The smallest absolute Gasteiger partial charge is 0.352 e. The highest BCUT2D eigenvalue weighted by atomic mass is 31.2. The molecule has 0 aliphatic carbocycles. The normalized spacial score (nSPS) is 12.9. The van der Waals surface area contributed by atoms with Crippen LogP contribution in [0.4, 0.5) is 14.6 Å². The van der Waals surface area contributed by atoms with Gasteiger partial charge in [0.15, 0.2) is 11.6 Å². The van der Waals surface area contributed by atoms with E-state index in [1.54, 1.807) is 0 Å². The molecular formula is C13H14F2N3O4P. The van der Waals surface area contributed by atoms with Gasteiger partial charge in [-0.3, -0.25) is 9.55 Å². The van der Waals surface area contributed by atoms with Gasteiger partial charge in [-0.15, -0.1) is 0 Å². The van der Waals surface area contributed by atoms with Crippen LogP contribution in [0.3, 0.4) is 0 Å². The van der Waals surface area contributed by atoms with Gasteiger partial charge in [0.2, 0.25) is 0 Å². The molecule has 1 atom stereocenters. The van der Waals surface area contributed by atoms with Crippen LogP contribution in [0, 0.1) is 11.6 Å². The largest absolute Gasteiger partial charge is 0.356 e. The van der Waals surface area contributed by atoms with Crippen LogP contribution in [0.1, 0.15) is 11.3 Å². The topological polar surface area (TPSA) is 93.3 Å². The van der Waals surface area contributed by atoms with Crippen molar-refractivity contribution in [3.63, 3.8) is 0 Å². The molecule has 0 saturated heterocycles. The molecule has 124 valence electrons. The molecule has 2 aromatic rings. The molecule has 10 heteroatoms. The van der Waals surface area contributed by atoms with Gasteiger partial charge in [0.05, 0.1) is 6.20 Å². The molecule has 0 saturated carbocycles. The van der Waals surface area contributed by atoms with Gasteiger partial charge in [-0.2, -0.15) is 4.98 Å². The van der Waals surface area contributed by atoms with Crippen molar-refractivity contribution in [3.8, 4) is 0 Å². The number of benzene rings is 1. The molecular weight excluding hydrogens is 331 g/mol. The zero-order valence-corrected chi connectivity index (χ0v) is 13.1. The van der Waals surface area contributed by atoms with Crippen LogP contribution in [-0.2, 0) is 13.6 Å². The molecule has 0 spiro atoms. The highest BCUT2D eigenvalue weighted by molar-refractivity contribution is 7.54. The fraction of sp³-hybridized carbons (Fsp3) is 0.231. The Morgan fingerprint density at radius 1 is 1.22 bits per heavy atom. The van der Waals surface area contributed by atoms with Gasteiger partial charge in [0, 0.05) is 14.2 Å². The van der Waals surface area contributed by atoms with Crippen molar-refractivity contribution in [1.82, 2.24) is 9.97 Å². The average Bonchev–Trinajstić information content (AvgIpc) is 2.56. The lowest BCUT2D eigenvalue weighted by Gasteiger charge is -2.26. The number of nitrogens with one attached hydrogen (secondary N) is 2. The summed E-state index contributed by atoms with van der Waals surface area (Å²) in [5, 5.41) is 2.56. The number of nitrogens with zero attached hydrogens (tertiary/aromatic N) is 1. The quantitative estimate of drug-likeness (QED) is 0.782. The van der Waals surface area contributed by atoms with Gasteiger partial charge in [0.25, 0.3) is 0 Å². The van der Waals surface area contributed by atoms with E-state index in [9.17, 15) is 18.1 Å². The van der Waals surface area contributed by atoms with Crippen molar-refractivity contribution in [2.75, 3.05) is 19.5 Å². The van der Waals surface area contributed by atoms with Crippen LogP contribution < -0.4 is 11.0 Å². The highest BCUT2D eigenvalue weighted by Gasteiger charge is 2.36. The third-order valence-electron chi connectivity index (χ3n) is 3.06. The predicted molar refractivity (Wildman–Crippen MR) is 79.2 cm³/mol. The number of H-pyrrole nitrogens is 1. The monoisotopic (exact) mass is 345 g/mol. The van der Waals surface area contributed by atoms with Crippen molar-refractivity contribution in [2.45, 2.75) is 5.78 Å². The Morgan fingerprint density at radius 2 is 1.83 bits per heavy atom. The molecule has 0 fully saturated rings. The first-order valence-electron chi connectivity index (χ1n) is 6.37. The SMILES string of the molecule is COP(=O)(OC)C(Nc1[nH]c(=O)ncc1F)c1ccc(F)cc1. The van der Waals surface area contributed by atoms with Crippen LogP contribution in [0.5, 0.6) is 0 Å². The lowest BCUT2D eigenvalue weighted by Crippen LogP contribution is -2.19. The molecule has 0 bridgehead atoms. The fourth-order valence-electron chi connectivity index (χ4n) is 1.90. The third-order valence-corrected chi connectivity index (χ3v) is 5.14. The van der Waals surface area contributed by atoms with E-state index in [-0.39, 0.29) is 5.82 Å². The maximum atomic E-state index is 13.8. The van der Waals surface area contributed by atoms with Crippen LogP contribution in [-0.4, -0.2) is 24.2 Å². The molecule has 0 aliphatic heterocycles. The Bertz CT molecular complexity index is 774. The van der Waals surface area contributed by atoms with E-state index in [0.717, 1.165) is 26.4 Å². The molecule has 1 heterocycles. The minimum Gasteiger partial charge on any atom is -0.352 e. The number of aromatic amines is 1. The number of hydrogen-bond donors (Lipinski definition) is 2. The van der Waals surface area contributed by atoms with Gasteiger partial charge in [-0.25, -0.2) is 13.6 Å². The average molecular weight is 345 g/mol. The molecule has 0 amide bonds. The van der Waals surface area contributed by atoms with E-state index in [2.05, 4.69) is 15.3 Å². The third kappa shape index (κ3) is 3.82. The summed E-state index contributed by atoms with van der Waals surface area (Å²) in [6.45, 7) is 0. The molecule has 0 radical (unpaired) electrons. The molecule has 1 unspecified atom stereocenters. The molecule has 23 heavy (non-hydrogen) atoms. The standard InChI is InChI=1S/C13H14F2N3O4P/c1-21-23(20,22-2)12(8-3-5-9(14)6-4-8)17-11-10(15)7-16-13(19)18-11/h3-7,12H,1-2H3,(H2,16,17,18,19). The van der Waals surface area contributed by atoms with Crippen LogP contribution >= 0.6 is 7.60 Å². The second-order valence-corrected chi connectivity index (χ2v) is 6.74. The summed E-state index contributed by atoms with van der Waals surface area (Å²) in [4.78, 5) is 16.6. The summed E-state index contributed by atoms with van der Waals surface area (Å²) >= 11 is 0. The lowest BCUT2D eigenvalue weighted by atomic mass is 10.2. The van der Waals surface area contributed by atoms with E-state index in [1.807, 2.05) is 0 Å². The number of aromatic nitrogens is 2. The van der Waals surface area contributed by atoms with Crippen LogP contribution in [0.15, 0.2) is 35.3 Å². The van der Waals surface area contributed by atoms with Crippen molar-refractivity contribution in [3.05, 3.63) is 58.1 Å². The van der Waals surface area contributed by atoms with E-state index in [0.29, 0.717) is 11.8 Å². The molecule has 1 aromatic carbocycles. The Morgan fingerprint density at radius 3 is 2.39 bits per heavy atom. The summed E-state index contributed by atoms with van der Waals surface area (Å²) in [5.41, 5.74) is -0.480. The molecule has 2 N–H and O–H groups in total. The summed E-state index contributed by atoms with van der Waals surface area (Å²) < 4.78 is 49.4. The van der Waals surface area contributed by atoms with E-state index < -0.39 is 30.7 Å². The second kappa shape index (κ2) is 6.99. The molecule has 1 aromatic heterocycles. The van der Waals surface area contributed by atoms with Crippen LogP contribution in [0.2, 0.25) is 0 Å². The van der Waals surface area contributed by atoms with E-state index in [1.165, 1.54) is 12.1 Å². The van der Waals surface area contributed by atoms with Gasteiger partial charge >= 0.3 is 13.3 Å². The van der Waals surface area contributed by atoms with E-state index in [4.69, 9.17) is 9.05 Å². The summed E-state index contributed by atoms with van der Waals surface area (Å²) in [7, 11) is -1.45. The Labute approximate surface area is 130 Å². The summed E-state index contributed by atoms with van der Waals surface area (Å²) in [6, 6.07) is 4.97. The minimum atomic E-state index is -3.77. The second-order valence-electron chi connectivity index (χ2n) is 4.41. The van der Waals surface area contributed by atoms with Crippen molar-refractivity contribution < 1.29 is 22.4 Å². The Balaban J connectivity index is 2.49. The first-order valence-corrected chi connectivity index (χ1v) is 7.99. The number of rotatable bonds is 6. The van der Waals surface area contributed by atoms with Gasteiger partial charge < -0.3 is 14.4 Å². The van der Waals surface area contributed by atoms with Crippen molar-refractivity contribution in [1.29, 1.82) is 0 Å². The van der Waals surface area contributed by atoms with Gasteiger partial charge in [-0.05, 0) is 17.7 Å².